The fourth-order valence-corrected chi connectivity index (χ4v) is 1.40. The van der Waals surface area contributed by atoms with Crippen LogP contribution in [0.1, 0.15) is 12.8 Å². The van der Waals surface area contributed by atoms with E-state index in [0.29, 0.717) is 0 Å². The molecule has 1 aliphatic carbocycles. The van der Waals surface area contributed by atoms with Crippen molar-refractivity contribution in [2.75, 3.05) is 6.54 Å². The van der Waals surface area contributed by atoms with Crippen LogP contribution in [0.4, 0.5) is 0 Å². The van der Waals surface area contributed by atoms with Crippen molar-refractivity contribution in [3.63, 3.8) is 0 Å². The second-order valence-electron chi connectivity index (χ2n) is 2.76. The standard InChI is InChI=1S/C9H11N/c1-2-4-9-7-8(3-1)5-6-10-9/h1-4,10H,5-7H2. The van der Waals surface area contributed by atoms with Gasteiger partial charge < -0.3 is 5.32 Å². The van der Waals surface area contributed by atoms with Crippen molar-refractivity contribution in [2.45, 2.75) is 12.8 Å². The summed E-state index contributed by atoms with van der Waals surface area (Å²) in [6.45, 7) is 1.11. The lowest BCUT2D eigenvalue weighted by molar-refractivity contribution is 0.691. The van der Waals surface area contributed by atoms with E-state index in [1.807, 2.05) is 0 Å². The molecular weight excluding hydrogens is 122 g/mol. The first-order valence-corrected chi connectivity index (χ1v) is 3.74. The zero-order valence-electron chi connectivity index (χ0n) is 5.93. The van der Waals surface area contributed by atoms with Crippen LogP contribution in [-0.2, 0) is 0 Å². The molecule has 0 unspecified atom stereocenters. The number of allylic oxidation sites excluding steroid dienone is 5. The average molecular weight is 133 g/mol. The maximum absolute atomic E-state index is 3.36. The lowest BCUT2D eigenvalue weighted by atomic mass is 10.0. The van der Waals surface area contributed by atoms with Crippen molar-refractivity contribution in [1.29, 1.82) is 0 Å². The second-order valence-corrected chi connectivity index (χ2v) is 2.76. The van der Waals surface area contributed by atoms with Gasteiger partial charge >= 0.3 is 0 Å². The minimum atomic E-state index is 1.11. The first-order chi connectivity index (χ1) is 4.95. The summed E-state index contributed by atoms with van der Waals surface area (Å²) in [6, 6.07) is 0. The highest BCUT2D eigenvalue weighted by Gasteiger charge is 2.08. The molecule has 0 atom stereocenters. The fraction of sp³-hybridized carbons (Fsp3) is 0.333. The topological polar surface area (TPSA) is 12.0 Å². The van der Waals surface area contributed by atoms with E-state index in [0.717, 1.165) is 13.0 Å². The summed E-state index contributed by atoms with van der Waals surface area (Å²) in [5, 5.41) is 3.36. The number of piperidine rings is 1. The van der Waals surface area contributed by atoms with Gasteiger partial charge in [0.1, 0.15) is 0 Å². The van der Waals surface area contributed by atoms with E-state index in [4.69, 9.17) is 0 Å². The number of hydrogen-bond donors (Lipinski definition) is 1. The number of nitrogens with one attached hydrogen (secondary N) is 1. The van der Waals surface area contributed by atoms with Gasteiger partial charge in [0.2, 0.25) is 0 Å². The lowest BCUT2D eigenvalue weighted by Crippen LogP contribution is -2.20. The molecule has 1 fully saturated rings. The third-order valence-corrected chi connectivity index (χ3v) is 1.96. The van der Waals surface area contributed by atoms with Crippen molar-refractivity contribution < 1.29 is 0 Å². The highest BCUT2D eigenvalue weighted by Crippen LogP contribution is 2.19. The molecule has 0 spiro atoms. The maximum Gasteiger partial charge on any atom is 0.0181 e. The monoisotopic (exact) mass is 133 g/mol. The quantitative estimate of drug-likeness (QED) is 0.531. The van der Waals surface area contributed by atoms with Gasteiger partial charge in [0.25, 0.3) is 0 Å². The average Bonchev–Trinajstić information content (AvgIpc) is 2.12. The minimum Gasteiger partial charge on any atom is -0.388 e. The predicted molar refractivity (Wildman–Crippen MR) is 42.5 cm³/mol. The Morgan fingerprint density at radius 3 is 3.10 bits per heavy atom. The Labute approximate surface area is 61.1 Å². The van der Waals surface area contributed by atoms with Gasteiger partial charge in [-0.05, 0) is 12.5 Å². The normalized spacial score (nSPS) is 22.4. The van der Waals surface area contributed by atoms with Crippen LogP contribution < -0.4 is 5.32 Å². The SMILES string of the molecule is C1=CC=C2CC(=C1)CCN2. The van der Waals surface area contributed by atoms with Crippen LogP contribution in [-0.4, -0.2) is 6.54 Å². The van der Waals surface area contributed by atoms with Crippen molar-refractivity contribution in [1.82, 2.24) is 5.32 Å². The van der Waals surface area contributed by atoms with E-state index in [2.05, 4.69) is 29.6 Å². The molecule has 1 saturated heterocycles. The lowest BCUT2D eigenvalue weighted by Gasteiger charge is -2.18. The summed E-state index contributed by atoms with van der Waals surface area (Å²) in [6.07, 6.45) is 10.9. The molecule has 2 bridgehead atoms. The molecule has 0 radical (unpaired) electrons. The minimum absolute atomic E-state index is 1.11. The molecule has 1 N–H and O–H groups in total. The van der Waals surface area contributed by atoms with Crippen LogP contribution >= 0.6 is 0 Å². The predicted octanol–water partition coefficient (Wildman–Crippen LogP) is 1.75. The molecule has 1 heteroatoms. The van der Waals surface area contributed by atoms with Gasteiger partial charge in [0, 0.05) is 18.7 Å². The van der Waals surface area contributed by atoms with Gasteiger partial charge in [-0.15, -0.1) is 0 Å². The molecule has 0 aromatic carbocycles. The molecule has 0 amide bonds. The van der Waals surface area contributed by atoms with E-state index in [1.54, 1.807) is 5.57 Å². The Morgan fingerprint density at radius 1 is 1.20 bits per heavy atom. The Bertz CT molecular complexity index is 199. The van der Waals surface area contributed by atoms with Crippen LogP contribution in [0.2, 0.25) is 0 Å². The summed E-state index contributed by atoms with van der Waals surface area (Å²) in [7, 11) is 0. The van der Waals surface area contributed by atoms with E-state index < -0.39 is 0 Å². The number of rotatable bonds is 0. The Morgan fingerprint density at radius 2 is 2.10 bits per heavy atom. The van der Waals surface area contributed by atoms with Gasteiger partial charge in [0.05, 0.1) is 0 Å². The van der Waals surface area contributed by atoms with E-state index >= 15 is 0 Å². The van der Waals surface area contributed by atoms with Crippen molar-refractivity contribution >= 4 is 0 Å². The summed E-state index contributed by atoms with van der Waals surface area (Å²) >= 11 is 0. The number of fused-ring (bicyclic) bond motifs is 2. The molecular formula is C9H11N. The van der Waals surface area contributed by atoms with Gasteiger partial charge in [-0.1, -0.05) is 23.8 Å². The Kier molecular flexibility index (Phi) is 1.35. The maximum atomic E-state index is 3.36. The second kappa shape index (κ2) is 2.33. The van der Waals surface area contributed by atoms with Crippen molar-refractivity contribution in [2.24, 2.45) is 0 Å². The summed E-state index contributed by atoms with van der Waals surface area (Å²) in [4.78, 5) is 0. The van der Waals surface area contributed by atoms with E-state index in [-0.39, 0.29) is 0 Å². The van der Waals surface area contributed by atoms with Gasteiger partial charge in [-0.25, -0.2) is 0 Å². The molecule has 1 aliphatic heterocycles. The summed E-state index contributed by atoms with van der Waals surface area (Å²) < 4.78 is 0. The highest BCUT2D eigenvalue weighted by atomic mass is 14.9. The molecule has 0 saturated carbocycles. The summed E-state index contributed by atoms with van der Waals surface area (Å²) in [5.41, 5.74) is 2.92. The van der Waals surface area contributed by atoms with Crippen LogP contribution in [0.25, 0.3) is 0 Å². The van der Waals surface area contributed by atoms with Crippen molar-refractivity contribution in [3.05, 3.63) is 35.6 Å². The summed E-state index contributed by atoms with van der Waals surface area (Å²) in [5.74, 6) is 0. The van der Waals surface area contributed by atoms with Gasteiger partial charge in [-0.3, -0.25) is 0 Å². The van der Waals surface area contributed by atoms with Crippen LogP contribution in [0, 0.1) is 0 Å². The highest BCUT2D eigenvalue weighted by molar-refractivity contribution is 5.30. The molecule has 1 heterocycles. The fourth-order valence-electron chi connectivity index (χ4n) is 1.40. The zero-order valence-corrected chi connectivity index (χ0v) is 5.93. The van der Waals surface area contributed by atoms with Crippen LogP contribution in [0.15, 0.2) is 35.6 Å². The molecule has 2 aliphatic rings. The first-order valence-electron chi connectivity index (χ1n) is 3.74. The van der Waals surface area contributed by atoms with Crippen LogP contribution in [0.5, 0.6) is 0 Å². The molecule has 52 valence electrons. The van der Waals surface area contributed by atoms with E-state index in [9.17, 15) is 0 Å². The Balaban J connectivity index is 2.31. The zero-order chi connectivity index (χ0) is 6.81. The molecule has 2 rings (SSSR count). The van der Waals surface area contributed by atoms with Crippen molar-refractivity contribution in [3.8, 4) is 0 Å². The van der Waals surface area contributed by atoms with Gasteiger partial charge in [-0.2, -0.15) is 0 Å². The third-order valence-electron chi connectivity index (χ3n) is 1.96. The van der Waals surface area contributed by atoms with E-state index in [1.165, 1.54) is 12.1 Å². The molecule has 0 aromatic rings. The molecule has 0 aromatic heterocycles. The number of hydrogen-bond acceptors (Lipinski definition) is 1. The largest absolute Gasteiger partial charge is 0.388 e. The Hall–Kier alpha value is -0.980. The smallest absolute Gasteiger partial charge is 0.0181 e. The first kappa shape index (κ1) is 5.78. The van der Waals surface area contributed by atoms with Gasteiger partial charge in [0.15, 0.2) is 0 Å². The van der Waals surface area contributed by atoms with Crippen LogP contribution in [0.3, 0.4) is 0 Å². The molecule has 1 nitrogen and oxygen atoms in total. The third kappa shape index (κ3) is 0.991. The molecule has 10 heavy (non-hydrogen) atoms.